The number of amides is 1. The quantitative estimate of drug-likeness (QED) is 0.850. The monoisotopic (exact) mass is 302 g/mol. The van der Waals surface area contributed by atoms with E-state index < -0.39 is 0 Å². The van der Waals surface area contributed by atoms with Crippen LogP contribution in [0.1, 0.15) is 33.5 Å². The third-order valence-electron chi connectivity index (χ3n) is 4.01. The van der Waals surface area contributed by atoms with Gasteiger partial charge in [0.15, 0.2) is 5.65 Å². The minimum atomic E-state index is -0.250. The molecular formula is C15H22N6O. The molecule has 22 heavy (non-hydrogen) atoms. The number of aryl methyl sites for hydroxylation is 1. The molecule has 0 aromatic carbocycles. The second kappa shape index (κ2) is 4.93. The number of carbonyl (C=O) groups is 1. The molecule has 0 spiro atoms. The molecule has 0 aliphatic carbocycles. The van der Waals surface area contributed by atoms with Crippen molar-refractivity contribution in [1.29, 1.82) is 0 Å². The first-order chi connectivity index (χ1) is 10.3. The van der Waals surface area contributed by atoms with E-state index >= 15 is 0 Å². The van der Waals surface area contributed by atoms with E-state index in [0.29, 0.717) is 6.54 Å². The molecule has 3 rings (SSSR count). The molecule has 7 nitrogen and oxygen atoms in total. The maximum Gasteiger partial charge on any atom is 0.242 e. The summed E-state index contributed by atoms with van der Waals surface area (Å²) in [4.78, 5) is 23.5. The van der Waals surface area contributed by atoms with Gasteiger partial charge >= 0.3 is 0 Å². The molecule has 1 atom stereocenters. The minimum absolute atomic E-state index is 0.0270. The van der Waals surface area contributed by atoms with E-state index in [2.05, 4.69) is 36.2 Å². The molecule has 1 saturated heterocycles. The molecule has 0 bridgehead atoms. The first-order valence-corrected chi connectivity index (χ1v) is 7.53. The number of rotatable bonds is 1. The molecule has 2 aromatic rings. The van der Waals surface area contributed by atoms with Gasteiger partial charge in [0.25, 0.3) is 0 Å². The maximum absolute atomic E-state index is 12.0. The number of carbonyl (C=O) groups excluding carboxylic acids is 1. The van der Waals surface area contributed by atoms with Gasteiger partial charge in [-0.05, 0) is 6.92 Å². The van der Waals surface area contributed by atoms with Crippen molar-refractivity contribution >= 4 is 22.8 Å². The molecule has 1 amide bonds. The van der Waals surface area contributed by atoms with E-state index in [1.54, 1.807) is 10.9 Å². The zero-order chi connectivity index (χ0) is 16.1. The SMILES string of the molecule is CC1C(=O)NCCN1c1nc(C(C)(C)C)nc2c1cnn2C. The largest absolute Gasteiger partial charge is 0.353 e. The van der Waals surface area contributed by atoms with Gasteiger partial charge in [-0.1, -0.05) is 20.8 Å². The molecule has 7 heteroatoms. The minimum Gasteiger partial charge on any atom is -0.353 e. The van der Waals surface area contributed by atoms with Crippen LogP contribution in [0.3, 0.4) is 0 Å². The number of piperazine rings is 1. The van der Waals surface area contributed by atoms with E-state index in [0.717, 1.165) is 29.2 Å². The fourth-order valence-corrected chi connectivity index (χ4v) is 2.63. The van der Waals surface area contributed by atoms with Crippen LogP contribution in [0.25, 0.3) is 11.0 Å². The Kier molecular flexibility index (Phi) is 3.30. The Hall–Kier alpha value is -2.18. The highest BCUT2D eigenvalue weighted by atomic mass is 16.2. The van der Waals surface area contributed by atoms with Crippen LogP contribution < -0.4 is 10.2 Å². The predicted octanol–water partition coefficient (Wildman–Crippen LogP) is 0.985. The second-order valence-corrected chi connectivity index (χ2v) is 6.79. The van der Waals surface area contributed by atoms with Gasteiger partial charge in [0.2, 0.25) is 5.91 Å². The van der Waals surface area contributed by atoms with Gasteiger partial charge in [-0.3, -0.25) is 9.48 Å². The van der Waals surface area contributed by atoms with Crippen molar-refractivity contribution in [3.05, 3.63) is 12.0 Å². The Morgan fingerprint density at radius 3 is 2.73 bits per heavy atom. The van der Waals surface area contributed by atoms with Gasteiger partial charge in [-0.15, -0.1) is 0 Å². The molecule has 118 valence electrons. The molecule has 3 heterocycles. The molecular weight excluding hydrogens is 280 g/mol. The van der Waals surface area contributed by atoms with Gasteiger partial charge in [0.1, 0.15) is 17.7 Å². The molecule has 0 radical (unpaired) electrons. The summed E-state index contributed by atoms with van der Waals surface area (Å²) in [6, 6.07) is -0.250. The summed E-state index contributed by atoms with van der Waals surface area (Å²) in [6.45, 7) is 9.51. The first-order valence-electron chi connectivity index (χ1n) is 7.53. The summed E-state index contributed by atoms with van der Waals surface area (Å²) in [5, 5.41) is 8.08. The van der Waals surface area contributed by atoms with Crippen molar-refractivity contribution in [3.8, 4) is 0 Å². The van der Waals surface area contributed by atoms with Crippen LogP contribution in [0.15, 0.2) is 6.20 Å². The molecule has 1 N–H and O–H groups in total. The Morgan fingerprint density at radius 2 is 2.05 bits per heavy atom. The Bertz CT molecular complexity index is 729. The third kappa shape index (κ3) is 2.30. The zero-order valence-corrected chi connectivity index (χ0v) is 13.7. The lowest BCUT2D eigenvalue weighted by molar-refractivity contribution is -0.122. The van der Waals surface area contributed by atoms with Crippen LogP contribution in [0.4, 0.5) is 5.82 Å². The lowest BCUT2D eigenvalue weighted by Crippen LogP contribution is -2.54. The summed E-state index contributed by atoms with van der Waals surface area (Å²) in [7, 11) is 1.87. The smallest absolute Gasteiger partial charge is 0.242 e. The number of aromatic nitrogens is 4. The summed E-state index contributed by atoms with van der Waals surface area (Å²) in [5.41, 5.74) is 0.627. The zero-order valence-electron chi connectivity index (χ0n) is 13.7. The average molecular weight is 302 g/mol. The van der Waals surface area contributed by atoms with Gasteiger partial charge in [-0.25, -0.2) is 9.97 Å². The summed E-state index contributed by atoms with van der Waals surface area (Å²) >= 11 is 0. The van der Waals surface area contributed by atoms with E-state index in [-0.39, 0.29) is 17.4 Å². The number of nitrogens with zero attached hydrogens (tertiary/aromatic N) is 5. The van der Waals surface area contributed by atoms with Crippen LogP contribution in [0.5, 0.6) is 0 Å². The fraction of sp³-hybridized carbons (Fsp3) is 0.600. The van der Waals surface area contributed by atoms with Crippen LogP contribution in [-0.4, -0.2) is 44.8 Å². The number of nitrogens with one attached hydrogen (secondary N) is 1. The maximum atomic E-state index is 12.0. The first kappa shape index (κ1) is 14.7. The molecule has 1 aliphatic heterocycles. The second-order valence-electron chi connectivity index (χ2n) is 6.79. The van der Waals surface area contributed by atoms with E-state index in [1.165, 1.54) is 0 Å². The lowest BCUT2D eigenvalue weighted by Gasteiger charge is -2.34. The van der Waals surface area contributed by atoms with Crippen molar-refractivity contribution < 1.29 is 4.79 Å². The Labute approximate surface area is 129 Å². The molecule has 1 unspecified atom stereocenters. The van der Waals surface area contributed by atoms with E-state index in [4.69, 9.17) is 4.98 Å². The standard InChI is InChI=1S/C15H22N6O/c1-9-13(22)16-6-7-21(9)12-10-8-17-20(5)11(10)18-14(19-12)15(2,3)4/h8-9H,6-7H2,1-5H3,(H,16,22). The third-order valence-corrected chi connectivity index (χ3v) is 4.01. The van der Waals surface area contributed by atoms with Crippen LogP contribution >= 0.6 is 0 Å². The molecule has 2 aromatic heterocycles. The highest BCUT2D eigenvalue weighted by Gasteiger charge is 2.30. The number of hydrogen-bond acceptors (Lipinski definition) is 5. The highest BCUT2D eigenvalue weighted by Crippen LogP contribution is 2.29. The Morgan fingerprint density at radius 1 is 1.32 bits per heavy atom. The summed E-state index contributed by atoms with van der Waals surface area (Å²) < 4.78 is 1.75. The van der Waals surface area contributed by atoms with Crippen molar-refractivity contribution in [3.63, 3.8) is 0 Å². The van der Waals surface area contributed by atoms with Gasteiger partial charge in [0, 0.05) is 25.6 Å². The summed E-state index contributed by atoms with van der Waals surface area (Å²) in [5.74, 6) is 1.58. The highest BCUT2D eigenvalue weighted by molar-refractivity contribution is 5.92. The van der Waals surface area contributed by atoms with Gasteiger partial charge in [-0.2, -0.15) is 5.10 Å². The Balaban J connectivity index is 2.21. The summed E-state index contributed by atoms with van der Waals surface area (Å²) in [6.07, 6.45) is 1.77. The van der Waals surface area contributed by atoms with Crippen molar-refractivity contribution in [2.24, 2.45) is 7.05 Å². The molecule has 1 aliphatic rings. The van der Waals surface area contributed by atoms with Crippen LogP contribution in [0, 0.1) is 0 Å². The predicted molar refractivity (Wildman–Crippen MR) is 84.8 cm³/mol. The van der Waals surface area contributed by atoms with E-state index in [9.17, 15) is 4.79 Å². The number of anilines is 1. The fourth-order valence-electron chi connectivity index (χ4n) is 2.63. The average Bonchev–Trinajstić information content (AvgIpc) is 2.82. The van der Waals surface area contributed by atoms with Crippen LogP contribution in [-0.2, 0) is 17.3 Å². The van der Waals surface area contributed by atoms with Crippen molar-refractivity contribution in [2.75, 3.05) is 18.0 Å². The van der Waals surface area contributed by atoms with Crippen LogP contribution in [0.2, 0.25) is 0 Å². The van der Waals surface area contributed by atoms with Gasteiger partial charge in [0.05, 0.1) is 11.6 Å². The van der Waals surface area contributed by atoms with Gasteiger partial charge < -0.3 is 10.2 Å². The lowest BCUT2D eigenvalue weighted by atomic mass is 9.95. The van der Waals surface area contributed by atoms with Crippen molar-refractivity contribution in [2.45, 2.75) is 39.2 Å². The topological polar surface area (TPSA) is 75.9 Å². The normalized spacial score (nSPS) is 19.6. The molecule has 1 fully saturated rings. The van der Waals surface area contributed by atoms with Crippen molar-refractivity contribution in [1.82, 2.24) is 25.1 Å². The molecule has 0 saturated carbocycles. The van der Waals surface area contributed by atoms with E-state index in [1.807, 2.05) is 18.9 Å². The number of hydrogen-bond donors (Lipinski definition) is 1. The number of fused-ring (bicyclic) bond motifs is 1.